The molecule has 0 aromatic heterocycles. The van der Waals surface area contributed by atoms with E-state index in [0.717, 1.165) is 67.6 Å². The van der Waals surface area contributed by atoms with E-state index in [4.69, 9.17) is 65.1 Å². The third kappa shape index (κ3) is 10.3. The minimum atomic E-state index is -1.07. The fourth-order valence-corrected chi connectivity index (χ4v) is 7.73. The van der Waals surface area contributed by atoms with E-state index in [1.54, 1.807) is 18.2 Å². The molecule has 0 amide bonds. The zero-order valence-electron chi connectivity index (χ0n) is 35.3. The normalized spacial score (nSPS) is 10.6. The van der Waals surface area contributed by atoms with Gasteiger partial charge in [0.05, 0.1) is 50.5 Å². The van der Waals surface area contributed by atoms with Crippen molar-refractivity contribution >= 4 is 80.3 Å². The van der Waals surface area contributed by atoms with Crippen LogP contribution >= 0.6 is 46.4 Å². The minimum absolute atomic E-state index is 0. The van der Waals surface area contributed by atoms with Gasteiger partial charge < -0.3 is 48.6 Å². The largest absolute Gasteiger partial charge is 1.00 e. The van der Waals surface area contributed by atoms with Gasteiger partial charge in [0.1, 0.15) is 50.9 Å². The van der Waals surface area contributed by atoms with E-state index in [0.29, 0.717) is 48.9 Å². The molecule has 63 heavy (non-hydrogen) atoms. The molecule has 0 atom stereocenters. The van der Waals surface area contributed by atoms with E-state index >= 15 is 0 Å². The Hall–Kier alpha value is -5.10. The van der Waals surface area contributed by atoms with Crippen LogP contribution in [0.25, 0.3) is 66.8 Å². The molecule has 4 aromatic rings. The van der Waals surface area contributed by atoms with E-state index in [2.05, 4.69) is 0 Å². The molecule has 9 nitrogen and oxygen atoms in total. The Morgan fingerprint density at radius 3 is 1.30 bits per heavy atom. The SMILES string of the molecule is CO.COC(=O)c1cc(Cl)c(Cl)cc1-c1c2ccc(=[N+](C)C)cc-2oc2cc(C)ccc12.Cc1ccc2c(-c3cc(Cl)c(Cl)cc3C(=O)O)c3ccc(=[N+](C)C)cc-3oc2c1.[Cl-].[Cl-]. The quantitative estimate of drug-likeness (QED) is 0.148. The molecule has 2 aliphatic heterocycles. The number of aromatic carboxylic acids is 1. The number of fused-ring (bicyclic) bond motifs is 4. The first kappa shape index (κ1) is 50.5. The van der Waals surface area contributed by atoms with Gasteiger partial charge in [0.25, 0.3) is 0 Å². The number of carboxylic acid groups (broad SMARTS) is 1. The Kier molecular flexibility index (Phi) is 16.9. The lowest BCUT2D eigenvalue weighted by Gasteiger charge is -2.18. The highest BCUT2D eigenvalue weighted by atomic mass is 35.5. The average Bonchev–Trinajstić information content (AvgIpc) is 3.23. The highest BCUT2D eigenvalue weighted by molar-refractivity contribution is 6.43. The van der Waals surface area contributed by atoms with Crippen LogP contribution < -0.4 is 44.7 Å². The van der Waals surface area contributed by atoms with Crippen molar-refractivity contribution in [2.75, 3.05) is 42.4 Å². The molecule has 4 aliphatic rings. The van der Waals surface area contributed by atoms with E-state index < -0.39 is 11.9 Å². The van der Waals surface area contributed by atoms with Crippen LogP contribution in [0.3, 0.4) is 0 Å². The number of hydrogen-bond donors (Lipinski definition) is 2. The second kappa shape index (κ2) is 21.1. The Morgan fingerprint density at radius 1 is 0.540 bits per heavy atom. The molecule has 2 N–H and O–H groups in total. The van der Waals surface area contributed by atoms with Crippen LogP contribution in [0.5, 0.6) is 0 Å². The number of ether oxygens (including phenoxy) is 1. The molecule has 4 aromatic carbocycles. The monoisotopic (exact) mass is 968 g/mol. The average molecular weight is 972 g/mol. The molecule has 0 unspecified atom stereocenters. The summed E-state index contributed by atoms with van der Waals surface area (Å²) < 4.78 is 21.5. The number of hydrogen-bond acceptors (Lipinski definition) is 6. The summed E-state index contributed by atoms with van der Waals surface area (Å²) in [6.07, 6.45) is 0. The summed E-state index contributed by atoms with van der Waals surface area (Å²) in [6, 6.07) is 30.0. The van der Waals surface area contributed by atoms with Crippen LogP contribution in [-0.2, 0) is 4.74 Å². The van der Waals surface area contributed by atoms with Gasteiger partial charge in [0.15, 0.2) is 0 Å². The molecule has 0 saturated carbocycles. The van der Waals surface area contributed by atoms with Crippen molar-refractivity contribution in [1.82, 2.24) is 9.15 Å². The summed E-state index contributed by atoms with van der Waals surface area (Å²) in [7, 11) is 10.2. The Balaban J connectivity index is 0.000000258. The van der Waals surface area contributed by atoms with Crippen molar-refractivity contribution in [3.63, 3.8) is 0 Å². The first-order valence-corrected chi connectivity index (χ1v) is 20.3. The number of carboxylic acids is 1. The van der Waals surface area contributed by atoms with E-state index in [1.165, 1.54) is 13.2 Å². The van der Waals surface area contributed by atoms with Gasteiger partial charge in [-0.2, -0.15) is 0 Å². The predicted octanol–water partition coefficient (Wildman–Crippen LogP) is 4.80. The number of esters is 1. The van der Waals surface area contributed by atoms with Crippen LogP contribution in [0.2, 0.25) is 20.1 Å². The fourth-order valence-electron chi connectivity index (χ4n) is 7.07. The van der Waals surface area contributed by atoms with Gasteiger partial charge in [-0.25, -0.2) is 18.7 Å². The summed E-state index contributed by atoms with van der Waals surface area (Å²) in [5.41, 5.74) is 8.34. The molecular weight excluding hydrogens is 929 g/mol. The number of aliphatic hydroxyl groups excluding tert-OH is 1. The molecule has 0 bridgehead atoms. The molecule has 2 heterocycles. The standard InChI is InChI=1S/C24H20Cl2NO3.C23H17Cl2NO3.CH4O.2ClH/c1-13-5-7-15-21(9-13)30-22-10-14(27(2)3)6-8-16(22)23(15)17-11-19(25)20(26)12-18(17)24(28)29-4;1-12-4-6-14-20(8-12)29-21-9-13(26(2)3)5-7-15(21)22(14)16-10-18(24)19(25)11-17(16)23(27)28;1-2;;/h5-12H,1-4H3;4-11H,1-3H3;2H,1H3;2*1H/q+1;;;;/p-1. The number of methoxy groups -OCH3 is 1. The number of aryl methyl sites for hydroxylation is 2. The van der Waals surface area contributed by atoms with Crippen LogP contribution in [0, 0.1) is 13.8 Å². The molecule has 328 valence electrons. The Morgan fingerprint density at radius 2 is 0.921 bits per heavy atom. The van der Waals surface area contributed by atoms with E-state index in [-0.39, 0.29) is 35.4 Å². The first-order chi connectivity index (χ1) is 29.1. The zero-order valence-corrected chi connectivity index (χ0v) is 39.9. The van der Waals surface area contributed by atoms with Gasteiger partial charge in [0.2, 0.25) is 10.7 Å². The maximum atomic E-state index is 12.6. The molecule has 0 fully saturated rings. The van der Waals surface area contributed by atoms with E-state index in [9.17, 15) is 14.7 Å². The fraction of sp³-hybridized carbons (Fsp3) is 0.167. The molecule has 0 saturated heterocycles. The highest BCUT2D eigenvalue weighted by Gasteiger charge is 2.25. The molecule has 15 heteroatoms. The van der Waals surface area contributed by atoms with E-state index in [1.807, 2.05) is 124 Å². The van der Waals surface area contributed by atoms with Crippen molar-refractivity contribution in [2.45, 2.75) is 13.8 Å². The van der Waals surface area contributed by atoms with Crippen molar-refractivity contribution in [1.29, 1.82) is 0 Å². The van der Waals surface area contributed by atoms with Gasteiger partial charge in [-0.3, -0.25) is 0 Å². The molecule has 0 spiro atoms. The highest BCUT2D eigenvalue weighted by Crippen LogP contribution is 2.45. The lowest BCUT2D eigenvalue weighted by Crippen LogP contribution is -3.00. The summed E-state index contributed by atoms with van der Waals surface area (Å²) in [6.45, 7) is 3.99. The second-order valence-corrected chi connectivity index (χ2v) is 16.2. The Labute approximate surface area is 396 Å². The third-order valence-electron chi connectivity index (χ3n) is 10.0. The van der Waals surface area contributed by atoms with Gasteiger partial charge in [-0.1, -0.05) is 70.7 Å². The third-order valence-corrected chi connectivity index (χ3v) is 11.5. The molecule has 8 rings (SSSR count). The minimum Gasteiger partial charge on any atom is -1.00 e. The van der Waals surface area contributed by atoms with Crippen LogP contribution in [0.15, 0.2) is 106 Å². The zero-order chi connectivity index (χ0) is 44.4. The number of aliphatic hydroxyl groups is 1. The maximum Gasteiger partial charge on any atom is 0.338 e. The van der Waals surface area contributed by atoms with Crippen LogP contribution in [-0.4, -0.2) is 64.6 Å². The summed E-state index contributed by atoms with van der Waals surface area (Å²) in [5, 5.41) is 21.6. The maximum absolute atomic E-state index is 12.6. The Bertz CT molecular complexity index is 3110. The number of nitrogens with zero attached hydrogens (tertiary/aromatic N) is 2. The van der Waals surface area contributed by atoms with Crippen molar-refractivity contribution in [2.24, 2.45) is 0 Å². The van der Waals surface area contributed by atoms with Gasteiger partial charge in [-0.05, 0) is 84.6 Å². The topological polar surface area (TPSA) is 116 Å². The lowest BCUT2D eigenvalue weighted by atomic mass is 9.90. The lowest BCUT2D eigenvalue weighted by molar-refractivity contribution is -0.00100. The number of rotatable bonds is 4. The van der Waals surface area contributed by atoms with Crippen molar-refractivity contribution < 1.29 is 58.2 Å². The van der Waals surface area contributed by atoms with Crippen molar-refractivity contribution in [3.8, 4) is 44.9 Å². The number of halogens is 6. The van der Waals surface area contributed by atoms with Crippen LogP contribution in [0.4, 0.5) is 0 Å². The molecule has 0 radical (unpaired) electrons. The number of carbonyl (C=O) groups is 2. The number of benzene rings is 6. The predicted molar refractivity (Wildman–Crippen MR) is 247 cm³/mol. The smallest absolute Gasteiger partial charge is 0.338 e. The second-order valence-electron chi connectivity index (χ2n) is 14.5. The molecular formula is C48H42Cl6N2O7. The van der Waals surface area contributed by atoms with Crippen LogP contribution in [0.1, 0.15) is 31.8 Å². The van der Waals surface area contributed by atoms with Gasteiger partial charge in [-0.15, -0.1) is 0 Å². The summed E-state index contributed by atoms with van der Waals surface area (Å²) >= 11 is 25.0. The van der Waals surface area contributed by atoms with Gasteiger partial charge >= 0.3 is 11.9 Å². The van der Waals surface area contributed by atoms with Gasteiger partial charge in [0, 0.05) is 52.3 Å². The first-order valence-electron chi connectivity index (χ1n) is 18.8. The molecule has 2 aliphatic carbocycles. The summed E-state index contributed by atoms with van der Waals surface area (Å²) in [5.74, 6) is -0.191. The summed E-state index contributed by atoms with van der Waals surface area (Å²) in [4.78, 5) is 24.6. The number of carbonyl (C=O) groups excluding carboxylic acids is 1. The van der Waals surface area contributed by atoms with Crippen molar-refractivity contribution in [3.05, 3.63) is 150 Å².